The minimum atomic E-state index is -4.84. The van der Waals surface area contributed by atoms with Crippen LogP contribution in [0.15, 0.2) is 18.2 Å². The molecule has 1 aromatic rings. The molecule has 0 aliphatic heterocycles. The Morgan fingerprint density at radius 3 is 2.22 bits per heavy atom. The van der Waals surface area contributed by atoms with Crippen LogP contribution < -0.4 is 15.8 Å². The number of ether oxygens (including phenoxy) is 1. The molecule has 4 N–H and O–H groups in total. The summed E-state index contributed by atoms with van der Waals surface area (Å²) in [6, 6.07) is 4.38. The largest absolute Gasteiger partial charge is 0.573 e. The SMILES string of the molecule is CN(Cc1ccc(CCC(C)(C)N)cc1OC(F)(F)F)C(=O)O.CNC.Cl. The van der Waals surface area contributed by atoms with Gasteiger partial charge in [-0.1, -0.05) is 12.1 Å². The molecule has 0 saturated carbocycles. The molecule has 0 aliphatic carbocycles. The fourth-order valence-electron chi connectivity index (χ4n) is 1.89. The number of aryl methyl sites for hydroxylation is 1. The van der Waals surface area contributed by atoms with E-state index in [4.69, 9.17) is 10.8 Å². The fourth-order valence-corrected chi connectivity index (χ4v) is 1.89. The summed E-state index contributed by atoms with van der Waals surface area (Å²) >= 11 is 0. The zero-order valence-electron chi connectivity index (χ0n) is 16.2. The van der Waals surface area contributed by atoms with E-state index < -0.39 is 23.7 Å². The summed E-state index contributed by atoms with van der Waals surface area (Å²) in [4.78, 5) is 11.7. The van der Waals surface area contributed by atoms with Gasteiger partial charge in [-0.2, -0.15) is 0 Å². The lowest BCUT2D eigenvalue weighted by atomic mass is 9.96. The summed E-state index contributed by atoms with van der Waals surface area (Å²) in [6.07, 6.45) is -5.00. The lowest BCUT2D eigenvalue weighted by Crippen LogP contribution is -2.32. The van der Waals surface area contributed by atoms with E-state index in [1.54, 1.807) is 6.07 Å². The summed E-state index contributed by atoms with van der Waals surface area (Å²) in [7, 11) is 5.02. The van der Waals surface area contributed by atoms with Crippen LogP contribution in [0.25, 0.3) is 0 Å². The van der Waals surface area contributed by atoms with Gasteiger partial charge in [0.15, 0.2) is 0 Å². The molecule has 0 fully saturated rings. The highest BCUT2D eigenvalue weighted by Gasteiger charge is 2.32. The Labute approximate surface area is 164 Å². The second-order valence-corrected chi connectivity index (χ2v) is 6.62. The highest BCUT2D eigenvalue weighted by Crippen LogP contribution is 2.29. The van der Waals surface area contributed by atoms with Crippen LogP contribution in [0.4, 0.5) is 18.0 Å². The average molecular weight is 416 g/mol. The number of hydrogen-bond donors (Lipinski definition) is 3. The van der Waals surface area contributed by atoms with Crippen LogP contribution in [0.3, 0.4) is 0 Å². The number of carbonyl (C=O) groups is 1. The molecule has 0 heterocycles. The second kappa shape index (κ2) is 11.9. The van der Waals surface area contributed by atoms with Gasteiger partial charge in [-0.05, 0) is 52.4 Å². The monoisotopic (exact) mass is 415 g/mol. The van der Waals surface area contributed by atoms with Gasteiger partial charge in [-0.3, -0.25) is 0 Å². The number of hydrogen-bond acceptors (Lipinski definition) is 4. The van der Waals surface area contributed by atoms with Gasteiger partial charge >= 0.3 is 12.5 Å². The molecule has 10 heteroatoms. The standard InChI is InChI=1S/C15H21F3N2O3.C2H7N.ClH/c1-14(2,19)7-6-10-4-5-11(9-20(3)13(21)22)12(8-10)23-15(16,17)18;1-3-2;/h4-5,8H,6-7,9,19H2,1-3H3,(H,21,22);3H,1-2H3;1H. The molecule has 0 aliphatic rings. The summed E-state index contributed by atoms with van der Waals surface area (Å²) in [6.45, 7) is 3.45. The Kier molecular flexibility index (Phi) is 12.1. The first-order valence-electron chi connectivity index (χ1n) is 7.98. The van der Waals surface area contributed by atoms with E-state index in [1.807, 2.05) is 27.9 Å². The van der Waals surface area contributed by atoms with Crippen LogP contribution in [0, 0.1) is 0 Å². The van der Waals surface area contributed by atoms with E-state index in [0.717, 1.165) is 4.90 Å². The number of rotatable bonds is 6. The van der Waals surface area contributed by atoms with Gasteiger partial charge in [0, 0.05) is 18.2 Å². The Hall–Kier alpha value is -1.71. The van der Waals surface area contributed by atoms with Crippen molar-refractivity contribution < 1.29 is 27.8 Å². The second-order valence-electron chi connectivity index (χ2n) is 6.62. The van der Waals surface area contributed by atoms with Crippen molar-refractivity contribution in [2.75, 3.05) is 21.1 Å². The molecular weight excluding hydrogens is 387 g/mol. The molecule has 6 nitrogen and oxygen atoms in total. The molecule has 27 heavy (non-hydrogen) atoms. The quantitative estimate of drug-likeness (QED) is 0.660. The predicted octanol–water partition coefficient (Wildman–Crippen LogP) is 3.62. The van der Waals surface area contributed by atoms with Crippen molar-refractivity contribution in [2.24, 2.45) is 5.73 Å². The first-order chi connectivity index (χ1) is 11.8. The van der Waals surface area contributed by atoms with Gasteiger partial charge in [0.05, 0.1) is 6.54 Å². The highest BCUT2D eigenvalue weighted by atomic mass is 35.5. The molecule has 0 saturated heterocycles. The normalized spacial score (nSPS) is 11.0. The summed E-state index contributed by atoms with van der Waals surface area (Å²) in [5.41, 5.74) is 6.22. The van der Waals surface area contributed by atoms with Crippen molar-refractivity contribution in [1.82, 2.24) is 10.2 Å². The van der Waals surface area contributed by atoms with E-state index in [-0.39, 0.29) is 24.5 Å². The summed E-state index contributed by atoms with van der Waals surface area (Å²) in [5.74, 6) is -0.391. The van der Waals surface area contributed by atoms with Crippen molar-refractivity contribution in [3.8, 4) is 5.75 Å². The van der Waals surface area contributed by atoms with Crippen LogP contribution in [-0.4, -0.2) is 49.1 Å². The van der Waals surface area contributed by atoms with Gasteiger partial charge in [-0.25, -0.2) is 4.79 Å². The zero-order valence-corrected chi connectivity index (χ0v) is 17.0. The van der Waals surface area contributed by atoms with Crippen LogP contribution in [0.1, 0.15) is 31.4 Å². The fraction of sp³-hybridized carbons (Fsp3) is 0.588. The van der Waals surface area contributed by atoms with Crippen molar-refractivity contribution in [3.05, 3.63) is 29.3 Å². The summed E-state index contributed by atoms with van der Waals surface area (Å²) in [5, 5.41) is 11.6. The third kappa shape index (κ3) is 13.2. The Morgan fingerprint density at radius 2 is 1.81 bits per heavy atom. The summed E-state index contributed by atoms with van der Waals surface area (Å²) < 4.78 is 41.7. The molecule has 0 spiro atoms. The Morgan fingerprint density at radius 1 is 1.30 bits per heavy atom. The van der Waals surface area contributed by atoms with Crippen molar-refractivity contribution >= 4 is 18.5 Å². The molecule has 0 unspecified atom stereocenters. The number of nitrogens with zero attached hydrogens (tertiary/aromatic N) is 1. The molecule has 1 aromatic carbocycles. The number of alkyl halides is 3. The van der Waals surface area contributed by atoms with E-state index in [1.165, 1.54) is 19.2 Å². The van der Waals surface area contributed by atoms with Gasteiger partial charge in [-0.15, -0.1) is 25.6 Å². The molecular formula is C17H29ClF3N3O3. The third-order valence-corrected chi connectivity index (χ3v) is 3.15. The smallest absolute Gasteiger partial charge is 0.465 e. The van der Waals surface area contributed by atoms with Crippen molar-refractivity contribution in [3.63, 3.8) is 0 Å². The minimum absolute atomic E-state index is 0. The van der Waals surface area contributed by atoms with Gasteiger partial charge < -0.3 is 25.8 Å². The maximum atomic E-state index is 12.6. The predicted molar refractivity (Wildman–Crippen MR) is 101 cm³/mol. The van der Waals surface area contributed by atoms with Gasteiger partial charge in [0.25, 0.3) is 0 Å². The van der Waals surface area contributed by atoms with Crippen LogP contribution >= 0.6 is 12.4 Å². The minimum Gasteiger partial charge on any atom is -0.465 e. The first kappa shape index (κ1) is 27.5. The number of halogens is 4. The van der Waals surface area contributed by atoms with Crippen LogP contribution in [0.5, 0.6) is 5.75 Å². The number of amides is 1. The molecule has 1 amide bonds. The van der Waals surface area contributed by atoms with Crippen molar-refractivity contribution in [1.29, 1.82) is 0 Å². The van der Waals surface area contributed by atoms with E-state index in [2.05, 4.69) is 10.1 Å². The zero-order chi connectivity index (χ0) is 20.5. The van der Waals surface area contributed by atoms with E-state index in [9.17, 15) is 18.0 Å². The average Bonchev–Trinajstić information content (AvgIpc) is 2.45. The third-order valence-electron chi connectivity index (χ3n) is 3.15. The van der Waals surface area contributed by atoms with Gasteiger partial charge in [0.1, 0.15) is 5.75 Å². The topological polar surface area (TPSA) is 87.8 Å². The molecule has 0 aromatic heterocycles. The Balaban J connectivity index is 0. The van der Waals surface area contributed by atoms with Crippen LogP contribution in [0.2, 0.25) is 0 Å². The molecule has 0 atom stereocenters. The maximum absolute atomic E-state index is 12.6. The van der Waals surface area contributed by atoms with E-state index in [0.29, 0.717) is 18.4 Å². The number of benzene rings is 1. The number of carboxylic acid groups (broad SMARTS) is 1. The lowest BCUT2D eigenvalue weighted by Gasteiger charge is -2.20. The van der Waals surface area contributed by atoms with Gasteiger partial charge in [0.2, 0.25) is 0 Å². The molecule has 1 rings (SSSR count). The molecule has 0 bridgehead atoms. The number of nitrogens with one attached hydrogen (secondary N) is 1. The maximum Gasteiger partial charge on any atom is 0.573 e. The first-order valence-corrected chi connectivity index (χ1v) is 7.98. The van der Waals surface area contributed by atoms with Crippen LogP contribution in [-0.2, 0) is 13.0 Å². The number of nitrogens with two attached hydrogens (primary N) is 1. The Bertz CT molecular complexity index is 579. The molecule has 158 valence electrons. The molecule has 0 radical (unpaired) electrons. The lowest BCUT2D eigenvalue weighted by molar-refractivity contribution is -0.275. The highest BCUT2D eigenvalue weighted by molar-refractivity contribution is 5.85. The van der Waals surface area contributed by atoms with E-state index >= 15 is 0 Å². The van der Waals surface area contributed by atoms with Crippen molar-refractivity contribution in [2.45, 2.75) is 45.1 Å².